The van der Waals surface area contributed by atoms with Gasteiger partial charge in [-0.2, -0.15) is 14.2 Å². The van der Waals surface area contributed by atoms with Gasteiger partial charge in [0.2, 0.25) is 0 Å². The third kappa shape index (κ3) is 4.26. The fraction of sp³-hybridized carbons (Fsp3) is 0.273. The van der Waals surface area contributed by atoms with Gasteiger partial charge in [-0.3, -0.25) is 0 Å². The average molecular weight is 443 g/mol. The molecule has 2 nitrogen and oxygen atoms in total. The summed E-state index contributed by atoms with van der Waals surface area (Å²) >= 11 is -1.62. The Bertz CT molecular complexity index is 709. The molecular weight excluding hydrogens is 416 g/mol. The molecule has 0 amide bonds. The van der Waals surface area contributed by atoms with Crippen molar-refractivity contribution in [1.82, 2.24) is 0 Å². The first kappa shape index (κ1) is 21.2. The Balaban J connectivity index is 0.000000570. The summed E-state index contributed by atoms with van der Waals surface area (Å²) in [5.74, 6) is -0.615. The zero-order chi connectivity index (χ0) is 19.1. The zero-order valence-corrected chi connectivity index (χ0v) is 19.6. The minimum atomic E-state index is -1.62. The third-order valence-electron chi connectivity index (χ3n) is 4.98. The number of rotatable bonds is 3. The van der Waals surface area contributed by atoms with Crippen LogP contribution in [0.1, 0.15) is 29.5 Å². The molecule has 0 aromatic heterocycles. The molecule has 0 spiro atoms. The fourth-order valence-electron chi connectivity index (χ4n) is 3.99. The molecule has 2 aromatic rings. The van der Waals surface area contributed by atoms with Crippen molar-refractivity contribution in [3.63, 3.8) is 0 Å². The van der Waals surface area contributed by atoms with Crippen molar-refractivity contribution < 1.29 is 31.1 Å². The molecule has 0 fully saturated rings. The second-order valence-electron chi connectivity index (χ2n) is 6.59. The molecule has 26 heavy (non-hydrogen) atoms. The van der Waals surface area contributed by atoms with Crippen LogP contribution >= 0.6 is 0 Å². The number of fused-ring (bicyclic) bond motifs is 2. The molecule has 0 heterocycles. The van der Waals surface area contributed by atoms with E-state index in [1.807, 2.05) is 0 Å². The van der Waals surface area contributed by atoms with Crippen LogP contribution in [0.3, 0.4) is 0 Å². The molecule has 2 aliphatic rings. The van der Waals surface area contributed by atoms with Gasteiger partial charge in [0.15, 0.2) is 0 Å². The van der Waals surface area contributed by atoms with Crippen molar-refractivity contribution in [1.29, 1.82) is 0 Å². The van der Waals surface area contributed by atoms with E-state index in [0.29, 0.717) is 0 Å². The van der Waals surface area contributed by atoms with E-state index in [1.165, 1.54) is 11.1 Å². The number of hydrogen-bond donors (Lipinski definition) is 0. The molecule has 0 saturated heterocycles. The van der Waals surface area contributed by atoms with Crippen molar-refractivity contribution in [3.05, 3.63) is 82.9 Å². The standard InChI is InChI=1S/2C9H7.C2H7Si.2CH3O.Zr/c2*1-2-5-9-7-3-6-8(9)4-1;1-3-2;2*1-2;/h2*1-7H;3H,1-2H3;2*1H3;/q;;;2*-1;+2. The average Bonchev–Trinajstić information content (AvgIpc) is 3.31. The van der Waals surface area contributed by atoms with E-state index in [2.05, 4.69) is 85.9 Å². The summed E-state index contributed by atoms with van der Waals surface area (Å²) in [5.41, 5.74) is 6.18. The Labute approximate surface area is 166 Å². The summed E-state index contributed by atoms with van der Waals surface area (Å²) < 4.78 is 1.57. The van der Waals surface area contributed by atoms with Crippen molar-refractivity contribution in [2.75, 3.05) is 14.2 Å². The van der Waals surface area contributed by atoms with Crippen LogP contribution in [-0.4, -0.2) is 20.1 Å². The van der Waals surface area contributed by atoms with Gasteiger partial charge in [-0.15, -0.1) is 0 Å². The molecule has 0 saturated carbocycles. The van der Waals surface area contributed by atoms with Crippen LogP contribution in [0.2, 0.25) is 13.1 Å². The third-order valence-corrected chi connectivity index (χ3v) is 26.4. The molecule has 2 atom stereocenters. The topological polar surface area (TPSA) is 46.1 Å². The zero-order valence-electron chi connectivity index (χ0n) is 16.0. The number of allylic oxidation sites excluding steroid dienone is 2. The van der Waals surface area contributed by atoms with Gasteiger partial charge in [-0.05, 0) is 0 Å². The maximum absolute atomic E-state index is 8.25. The van der Waals surface area contributed by atoms with Crippen LogP contribution in [0, 0.1) is 0 Å². The Kier molecular flexibility index (Phi) is 8.43. The van der Waals surface area contributed by atoms with E-state index in [4.69, 9.17) is 10.2 Å². The summed E-state index contributed by atoms with van der Waals surface area (Å²) in [4.78, 5) is 0. The number of hydrogen-bond acceptors (Lipinski definition) is 2. The van der Waals surface area contributed by atoms with Gasteiger partial charge >= 0.3 is 142 Å². The second kappa shape index (κ2) is 10.3. The fourth-order valence-corrected chi connectivity index (χ4v) is 25.0. The van der Waals surface area contributed by atoms with Gasteiger partial charge in [0.05, 0.1) is 0 Å². The molecular formula is C22H27O2SiZr. The van der Waals surface area contributed by atoms with E-state index < -0.39 is 26.8 Å². The molecule has 2 aliphatic carbocycles. The summed E-state index contributed by atoms with van der Waals surface area (Å²) in [6.45, 7) is 5.19. The van der Waals surface area contributed by atoms with Gasteiger partial charge in [-0.1, -0.05) is 0 Å². The molecule has 0 aliphatic heterocycles. The Morgan fingerprint density at radius 1 is 0.692 bits per heavy atom. The van der Waals surface area contributed by atoms with E-state index in [0.717, 1.165) is 21.5 Å². The van der Waals surface area contributed by atoms with E-state index in [-0.39, 0.29) is 0 Å². The van der Waals surface area contributed by atoms with Crippen LogP contribution in [-0.2, 0) is 20.9 Å². The van der Waals surface area contributed by atoms with E-state index >= 15 is 0 Å². The maximum atomic E-state index is 8.25. The van der Waals surface area contributed by atoms with E-state index in [9.17, 15) is 0 Å². The Morgan fingerprint density at radius 2 is 1.08 bits per heavy atom. The minimum absolute atomic E-state index is 0.615. The monoisotopic (exact) mass is 441 g/mol. The first-order valence-electron chi connectivity index (χ1n) is 8.98. The van der Waals surface area contributed by atoms with Gasteiger partial charge in [0.1, 0.15) is 0 Å². The van der Waals surface area contributed by atoms with Crippen LogP contribution < -0.4 is 10.2 Å². The van der Waals surface area contributed by atoms with Crippen molar-refractivity contribution in [3.8, 4) is 0 Å². The van der Waals surface area contributed by atoms with Gasteiger partial charge in [0.25, 0.3) is 0 Å². The second-order valence-corrected chi connectivity index (χ2v) is 26.9. The molecule has 2 aromatic carbocycles. The van der Waals surface area contributed by atoms with Crippen LogP contribution in [0.25, 0.3) is 12.2 Å². The van der Waals surface area contributed by atoms with E-state index in [1.54, 1.807) is 11.1 Å². The van der Waals surface area contributed by atoms with Crippen molar-refractivity contribution >= 4 is 18.1 Å². The van der Waals surface area contributed by atoms with Crippen molar-refractivity contribution in [2.24, 2.45) is 0 Å². The molecule has 2 unspecified atom stereocenters. The van der Waals surface area contributed by atoms with Crippen molar-refractivity contribution in [2.45, 2.75) is 20.3 Å². The Morgan fingerprint density at radius 3 is 1.46 bits per heavy atom. The molecule has 4 rings (SSSR count). The summed E-state index contributed by atoms with van der Waals surface area (Å²) in [6.07, 6.45) is 9.84. The molecule has 135 valence electrons. The first-order valence-corrected chi connectivity index (χ1v) is 19.0. The predicted octanol–water partition coefficient (Wildman–Crippen LogP) is 3.08. The van der Waals surface area contributed by atoms with Gasteiger partial charge in [0, 0.05) is 0 Å². The normalized spacial score (nSPS) is 18.4. The molecule has 0 bridgehead atoms. The summed E-state index contributed by atoms with van der Waals surface area (Å²) in [7, 11) is 1.50. The number of benzene rings is 2. The SMILES string of the molecule is C[O-].C[O-].C[SiH](C)[Zr+2]([CH]1C=Cc2ccccc21)[CH]1C=Cc2ccccc21. The van der Waals surface area contributed by atoms with Gasteiger partial charge < -0.3 is 10.2 Å². The predicted molar refractivity (Wildman–Crippen MR) is 107 cm³/mol. The Hall–Kier alpha value is -1.06. The van der Waals surface area contributed by atoms with Gasteiger partial charge in [-0.25, -0.2) is 0 Å². The molecule has 4 heteroatoms. The first-order chi connectivity index (χ1) is 12.8. The summed E-state index contributed by atoms with van der Waals surface area (Å²) in [5, 5.41) is 16.5. The van der Waals surface area contributed by atoms with Crippen LogP contribution in [0.4, 0.5) is 0 Å². The summed E-state index contributed by atoms with van der Waals surface area (Å²) in [6, 6.07) is 18.1. The van der Waals surface area contributed by atoms with Crippen LogP contribution in [0.15, 0.2) is 60.7 Å². The molecule has 0 N–H and O–H groups in total. The molecule has 0 radical (unpaired) electrons. The van der Waals surface area contributed by atoms with Crippen LogP contribution in [0.5, 0.6) is 0 Å². The quantitative estimate of drug-likeness (QED) is 0.686.